The van der Waals surface area contributed by atoms with Crippen molar-refractivity contribution in [3.63, 3.8) is 0 Å². The van der Waals surface area contributed by atoms with Gasteiger partial charge in [-0.15, -0.1) is 11.3 Å². The van der Waals surface area contributed by atoms with Gasteiger partial charge in [0.25, 0.3) is 5.91 Å². The van der Waals surface area contributed by atoms with Crippen molar-refractivity contribution in [1.82, 2.24) is 10.2 Å². The van der Waals surface area contributed by atoms with E-state index in [0.29, 0.717) is 63.3 Å². The monoisotopic (exact) mass is 558 g/mol. The molecule has 1 aliphatic carbocycles. The molecule has 8 nitrogen and oxygen atoms in total. The first-order chi connectivity index (χ1) is 20.4. The van der Waals surface area contributed by atoms with Gasteiger partial charge in [0, 0.05) is 33.3 Å². The zero-order chi connectivity index (χ0) is 30.7. The van der Waals surface area contributed by atoms with Crippen LogP contribution in [0.3, 0.4) is 0 Å². The second kappa shape index (κ2) is 10.0. The Hall–Kier alpha value is -3.76. The van der Waals surface area contributed by atoms with E-state index in [1.807, 2.05) is 43.3 Å². The van der Waals surface area contributed by atoms with E-state index in [1.54, 1.807) is 24.3 Å². The van der Waals surface area contributed by atoms with Crippen LogP contribution in [0.5, 0.6) is 11.5 Å². The molecule has 1 saturated heterocycles. The Morgan fingerprint density at radius 3 is 2.67 bits per heavy atom. The van der Waals surface area contributed by atoms with Gasteiger partial charge in [-0.3, -0.25) is 9.59 Å². The lowest BCUT2D eigenvalue weighted by atomic mass is 9.69. The van der Waals surface area contributed by atoms with Crippen molar-refractivity contribution in [3.8, 4) is 11.5 Å². The molecular formula is C31H33N5O3S. The van der Waals surface area contributed by atoms with Gasteiger partial charge in [0.05, 0.1) is 15.6 Å². The highest BCUT2D eigenvalue weighted by Crippen LogP contribution is 2.50. The second-order valence-corrected chi connectivity index (χ2v) is 11.6. The number of Topliss-reactive ketones (excluding diaryl/α,β-unsaturated/α-hetero) is 1. The van der Waals surface area contributed by atoms with Crippen LogP contribution in [-0.2, 0) is 10.3 Å². The summed E-state index contributed by atoms with van der Waals surface area (Å²) in [5.74, 6) is 0.428. The number of likely N-dealkylation sites (N-methyl/N-ethyl adjacent to an activating group) is 1. The normalized spacial score (nSPS) is 24.3. The lowest BCUT2D eigenvalue weighted by molar-refractivity contribution is -0.124. The van der Waals surface area contributed by atoms with Crippen LogP contribution in [0.2, 0.25) is 0 Å². The summed E-state index contributed by atoms with van der Waals surface area (Å²) in [5, 5.41) is 3.60. The predicted molar refractivity (Wildman–Crippen MR) is 159 cm³/mol. The van der Waals surface area contributed by atoms with Gasteiger partial charge in [-0.05, 0) is 80.3 Å². The molecule has 1 aromatic heterocycles. The van der Waals surface area contributed by atoms with Crippen LogP contribution in [0.4, 0.5) is 5.69 Å². The quantitative estimate of drug-likeness (QED) is 0.270. The highest BCUT2D eigenvalue weighted by Gasteiger charge is 2.49. The third-order valence-corrected chi connectivity index (χ3v) is 9.13. The average Bonchev–Trinajstić information content (AvgIpc) is 3.38. The number of aryl methyl sites for hydroxylation is 1. The number of rotatable bonds is 5. The number of amides is 1. The lowest BCUT2D eigenvalue weighted by Crippen LogP contribution is -2.53. The molecule has 3 unspecified atom stereocenters. The molecule has 1 amide bonds. The first-order valence-corrected chi connectivity index (χ1v) is 14.0. The highest BCUT2D eigenvalue weighted by atomic mass is 32.1. The molecule has 0 saturated carbocycles. The summed E-state index contributed by atoms with van der Waals surface area (Å²) < 4.78 is 29.9. The number of thiophene rings is 1. The van der Waals surface area contributed by atoms with Crippen molar-refractivity contribution in [3.05, 3.63) is 87.8 Å². The summed E-state index contributed by atoms with van der Waals surface area (Å²) in [7, 11) is 0. The summed E-state index contributed by atoms with van der Waals surface area (Å²) in [6, 6.07) is 16.7. The number of nitrogens with one attached hydrogen (secondary N) is 1. The number of para-hydroxylation sites is 1. The van der Waals surface area contributed by atoms with Crippen LogP contribution in [-0.4, -0.2) is 42.7 Å². The van der Waals surface area contributed by atoms with Crippen LogP contribution in [0.25, 0.3) is 10.1 Å². The first-order valence-electron chi connectivity index (χ1n) is 14.7. The van der Waals surface area contributed by atoms with Gasteiger partial charge in [0.2, 0.25) is 0 Å². The van der Waals surface area contributed by atoms with Gasteiger partial charge in [-0.1, -0.05) is 30.3 Å². The minimum atomic E-state index is -2.24. The number of ether oxygens (including phenoxy) is 1. The van der Waals surface area contributed by atoms with Gasteiger partial charge >= 0.3 is 0 Å². The number of nitrogens with zero attached hydrogens (tertiary/aromatic N) is 1. The Balaban J connectivity index is 1.39. The fourth-order valence-electron chi connectivity index (χ4n) is 5.94. The largest absolute Gasteiger partial charge is 0.457 e. The number of piperidine rings is 1. The molecule has 2 aliphatic rings. The van der Waals surface area contributed by atoms with Gasteiger partial charge < -0.3 is 32.2 Å². The Morgan fingerprint density at radius 1 is 1.15 bits per heavy atom. The lowest BCUT2D eigenvalue weighted by Gasteiger charge is -2.37. The number of benzene rings is 3. The SMILES string of the molecule is [2H]C([2H])([2H])N1CCCC(NC(=O)c2sc3c(N)ccc4c3c2C(N)C(=O)C4(N)c2ccc(Oc3ccccc3)cc2C)C1. The molecule has 0 bridgehead atoms. The third kappa shape index (κ3) is 4.26. The average molecular weight is 559 g/mol. The molecule has 206 valence electrons. The van der Waals surface area contributed by atoms with E-state index in [4.69, 9.17) is 26.1 Å². The molecule has 6 rings (SSSR count). The molecular weight excluding hydrogens is 522 g/mol. The molecule has 4 aromatic rings. The number of hydrogen-bond acceptors (Lipinski definition) is 8. The molecule has 7 N–H and O–H groups in total. The Morgan fingerprint density at radius 2 is 1.93 bits per heavy atom. The zero-order valence-corrected chi connectivity index (χ0v) is 22.9. The molecule has 1 fully saturated rings. The number of hydrogen-bond donors (Lipinski definition) is 4. The Labute approximate surface area is 241 Å². The molecule has 1 aliphatic heterocycles. The smallest absolute Gasteiger partial charge is 0.262 e. The number of ketones is 1. The van der Waals surface area contributed by atoms with Gasteiger partial charge in [0.1, 0.15) is 17.0 Å². The van der Waals surface area contributed by atoms with Crippen LogP contribution in [0.1, 0.15) is 54.9 Å². The summed E-state index contributed by atoms with van der Waals surface area (Å²) >= 11 is 1.17. The number of nitrogen functional groups attached to an aromatic ring is 1. The molecule has 0 radical (unpaired) electrons. The van der Waals surface area contributed by atoms with Gasteiger partial charge in [0.15, 0.2) is 5.78 Å². The Bertz CT molecular complexity index is 1740. The van der Waals surface area contributed by atoms with Crippen molar-refractivity contribution in [1.29, 1.82) is 0 Å². The second-order valence-electron chi connectivity index (χ2n) is 10.6. The summed E-state index contributed by atoms with van der Waals surface area (Å²) in [5.41, 5.74) is 21.2. The van der Waals surface area contributed by atoms with Crippen LogP contribution < -0.4 is 27.3 Å². The van der Waals surface area contributed by atoms with Crippen molar-refractivity contribution in [2.75, 3.05) is 25.8 Å². The molecule has 3 aromatic carbocycles. The maximum absolute atomic E-state index is 14.2. The predicted octanol–water partition coefficient (Wildman–Crippen LogP) is 4.19. The molecule has 40 heavy (non-hydrogen) atoms. The third-order valence-electron chi connectivity index (χ3n) is 7.88. The van der Waals surface area contributed by atoms with E-state index in [1.165, 1.54) is 16.2 Å². The first kappa shape index (κ1) is 23.0. The van der Waals surface area contributed by atoms with Crippen molar-refractivity contribution >= 4 is 38.8 Å². The Kier molecular flexibility index (Phi) is 5.76. The zero-order valence-electron chi connectivity index (χ0n) is 25.1. The molecule has 3 atom stereocenters. The van der Waals surface area contributed by atoms with Crippen molar-refractivity contribution < 1.29 is 18.4 Å². The topological polar surface area (TPSA) is 137 Å². The van der Waals surface area contributed by atoms with E-state index in [-0.39, 0.29) is 17.5 Å². The van der Waals surface area contributed by atoms with Crippen molar-refractivity contribution in [2.24, 2.45) is 11.5 Å². The summed E-state index contributed by atoms with van der Waals surface area (Å²) in [6.07, 6.45) is 1.29. The maximum atomic E-state index is 14.2. The highest BCUT2D eigenvalue weighted by molar-refractivity contribution is 7.21. The molecule has 9 heteroatoms. The molecule has 2 heterocycles. The number of likely N-dealkylation sites (tertiary alicyclic amines) is 1. The van der Waals surface area contributed by atoms with Crippen LogP contribution in [0, 0.1) is 6.92 Å². The summed E-state index contributed by atoms with van der Waals surface area (Å²) in [4.78, 5) is 29.5. The number of carbonyl (C=O) groups is 2. The molecule has 0 spiro atoms. The van der Waals surface area contributed by atoms with Crippen LogP contribution in [0.15, 0.2) is 60.7 Å². The fraction of sp³-hybridized carbons (Fsp3) is 0.290. The van der Waals surface area contributed by atoms with E-state index in [9.17, 15) is 9.59 Å². The number of nitrogens with two attached hydrogens (primary N) is 3. The van der Waals surface area contributed by atoms with E-state index in [2.05, 4.69) is 5.32 Å². The maximum Gasteiger partial charge on any atom is 0.262 e. The minimum absolute atomic E-state index is 0.204. The van der Waals surface area contributed by atoms with E-state index < -0.39 is 30.2 Å². The van der Waals surface area contributed by atoms with E-state index >= 15 is 0 Å². The fourth-order valence-corrected chi connectivity index (χ4v) is 7.14. The summed E-state index contributed by atoms with van der Waals surface area (Å²) in [6.45, 7) is 0.271. The minimum Gasteiger partial charge on any atom is -0.457 e. The van der Waals surface area contributed by atoms with Gasteiger partial charge in [-0.25, -0.2) is 0 Å². The van der Waals surface area contributed by atoms with E-state index in [0.717, 1.165) is 5.56 Å². The van der Waals surface area contributed by atoms with Crippen LogP contribution >= 0.6 is 11.3 Å². The standard InChI is InChI=1S/C31H33N5O3S/c1-17-15-20(39-19-8-4-3-5-9-19)10-11-21(17)31(34)22-12-13-23(32)27-24(22)25(26(33)29(31)37)28(40-27)30(38)35-18-7-6-14-36(2)16-18/h3-5,8-13,15,18,26H,6-7,14,16,32-34H2,1-2H3,(H,35,38)/i2D3. The number of anilines is 1. The van der Waals surface area contributed by atoms with Gasteiger partial charge in [-0.2, -0.15) is 0 Å². The van der Waals surface area contributed by atoms with Crippen molar-refractivity contribution in [2.45, 2.75) is 37.4 Å². The number of carbonyl (C=O) groups excluding carboxylic acids is 2.